The van der Waals surface area contributed by atoms with E-state index in [-0.39, 0.29) is 20.1 Å². The van der Waals surface area contributed by atoms with Gasteiger partial charge in [-0.3, -0.25) is 0 Å². The fourth-order valence-electron chi connectivity index (χ4n) is 1.95. The Balaban J connectivity index is 0.00000133. The van der Waals surface area contributed by atoms with Gasteiger partial charge >= 0.3 is 0 Å². The molecule has 3 aromatic rings. The summed E-state index contributed by atoms with van der Waals surface area (Å²) in [5.74, 6) is 0.818. The van der Waals surface area contributed by atoms with Crippen LogP contribution in [0.5, 0.6) is 5.75 Å². The van der Waals surface area contributed by atoms with E-state index >= 15 is 0 Å². The van der Waals surface area contributed by atoms with E-state index in [9.17, 15) is 0 Å². The summed E-state index contributed by atoms with van der Waals surface area (Å²) in [5, 5.41) is 2.32. The van der Waals surface area contributed by atoms with Gasteiger partial charge in [-0.1, -0.05) is 30.3 Å². The van der Waals surface area contributed by atoms with Crippen LogP contribution in [0.15, 0.2) is 54.7 Å². The van der Waals surface area contributed by atoms with Crippen LogP contribution in [0.1, 0.15) is 0 Å². The smallest absolute Gasteiger partial charge is 0.0751 e. The van der Waals surface area contributed by atoms with Gasteiger partial charge in [-0.15, -0.1) is 29.8 Å². The van der Waals surface area contributed by atoms with E-state index in [1.807, 2.05) is 36.5 Å². The molecule has 3 heteroatoms. The van der Waals surface area contributed by atoms with Gasteiger partial charge in [0.25, 0.3) is 0 Å². The number of methoxy groups -OCH3 is 1. The normalized spacial score (nSPS) is 9.95. The minimum absolute atomic E-state index is 0. The Morgan fingerprint density at radius 1 is 1.05 bits per heavy atom. The Morgan fingerprint density at radius 3 is 2.63 bits per heavy atom. The minimum atomic E-state index is 0. The molecule has 2 aromatic carbocycles. The van der Waals surface area contributed by atoms with Crippen LogP contribution < -0.4 is 4.74 Å². The first-order valence-electron chi connectivity index (χ1n) is 5.78. The first-order valence-corrected chi connectivity index (χ1v) is 5.78. The van der Waals surface area contributed by atoms with Crippen molar-refractivity contribution in [2.75, 3.05) is 7.11 Å². The third-order valence-corrected chi connectivity index (χ3v) is 2.92. The molecule has 0 spiro atoms. The molecule has 1 radical (unpaired) electrons. The third-order valence-electron chi connectivity index (χ3n) is 2.92. The van der Waals surface area contributed by atoms with E-state index < -0.39 is 0 Å². The van der Waals surface area contributed by atoms with Crippen LogP contribution in [-0.2, 0) is 20.1 Å². The average Bonchev–Trinajstić information content (AvgIpc) is 2.47. The molecule has 0 bridgehead atoms. The zero-order valence-corrected chi connectivity index (χ0v) is 12.8. The zero-order valence-electron chi connectivity index (χ0n) is 10.4. The minimum Gasteiger partial charge on any atom is -0.516 e. The van der Waals surface area contributed by atoms with Crippen LogP contribution >= 0.6 is 0 Å². The standard InChI is InChI=1S/C16H12NO.Ir/c1-18-15-8-4-7-13(9-15)16-10-12-5-2-3-6-14(12)11-17-16;/h2-6,8-11H,1H3;/q-1;. The van der Waals surface area contributed by atoms with Gasteiger partial charge in [-0.25, -0.2) is 0 Å². The Bertz CT molecular complexity index is 697. The first-order chi connectivity index (χ1) is 8.86. The van der Waals surface area contributed by atoms with Crippen molar-refractivity contribution < 1.29 is 24.8 Å². The Hall–Kier alpha value is -1.70. The van der Waals surface area contributed by atoms with Crippen LogP contribution in [0.25, 0.3) is 22.0 Å². The molecule has 0 amide bonds. The van der Waals surface area contributed by atoms with Crippen molar-refractivity contribution in [2.45, 2.75) is 0 Å². The number of aromatic nitrogens is 1. The molecule has 0 saturated heterocycles. The van der Waals surface area contributed by atoms with E-state index in [1.165, 1.54) is 5.39 Å². The van der Waals surface area contributed by atoms with E-state index in [4.69, 9.17) is 4.74 Å². The monoisotopic (exact) mass is 427 g/mol. The van der Waals surface area contributed by atoms with Crippen LogP contribution in [0.2, 0.25) is 0 Å². The number of fused-ring (bicyclic) bond motifs is 1. The van der Waals surface area contributed by atoms with Crippen molar-refractivity contribution in [1.82, 2.24) is 4.98 Å². The molecule has 1 aromatic heterocycles. The quantitative estimate of drug-likeness (QED) is 0.583. The van der Waals surface area contributed by atoms with Gasteiger partial charge in [-0.05, 0) is 16.5 Å². The van der Waals surface area contributed by atoms with Crippen molar-refractivity contribution in [2.24, 2.45) is 0 Å². The van der Waals surface area contributed by atoms with Crippen molar-refractivity contribution in [3.63, 3.8) is 0 Å². The summed E-state index contributed by atoms with van der Waals surface area (Å²) in [6.07, 6.45) is 1.89. The van der Waals surface area contributed by atoms with Gasteiger partial charge in [0.15, 0.2) is 0 Å². The maximum Gasteiger partial charge on any atom is 0.0751 e. The van der Waals surface area contributed by atoms with Gasteiger partial charge in [-0.2, -0.15) is 0 Å². The molecular formula is C16H12IrNO-. The zero-order chi connectivity index (χ0) is 12.4. The fourth-order valence-corrected chi connectivity index (χ4v) is 1.95. The second-order valence-corrected chi connectivity index (χ2v) is 4.06. The van der Waals surface area contributed by atoms with Crippen LogP contribution in [0.4, 0.5) is 0 Å². The summed E-state index contributed by atoms with van der Waals surface area (Å²) >= 11 is 0. The Morgan fingerprint density at radius 2 is 1.84 bits per heavy atom. The molecule has 97 valence electrons. The van der Waals surface area contributed by atoms with Crippen LogP contribution in [0.3, 0.4) is 0 Å². The van der Waals surface area contributed by atoms with E-state index in [0.29, 0.717) is 0 Å². The van der Waals surface area contributed by atoms with Crippen molar-refractivity contribution >= 4 is 10.8 Å². The summed E-state index contributed by atoms with van der Waals surface area (Å²) in [6.45, 7) is 0. The van der Waals surface area contributed by atoms with Crippen molar-refractivity contribution in [1.29, 1.82) is 0 Å². The second kappa shape index (κ2) is 5.96. The second-order valence-electron chi connectivity index (χ2n) is 4.06. The van der Waals surface area contributed by atoms with Crippen LogP contribution in [-0.4, -0.2) is 12.1 Å². The molecule has 2 nitrogen and oxygen atoms in total. The molecular weight excluding hydrogens is 414 g/mol. The van der Waals surface area contributed by atoms with Gasteiger partial charge in [0.05, 0.1) is 7.11 Å². The summed E-state index contributed by atoms with van der Waals surface area (Å²) in [7, 11) is 1.66. The summed E-state index contributed by atoms with van der Waals surface area (Å²) < 4.78 is 5.22. The molecule has 0 atom stereocenters. The topological polar surface area (TPSA) is 22.1 Å². The largest absolute Gasteiger partial charge is 0.516 e. The van der Waals surface area contributed by atoms with Gasteiger partial charge in [0.1, 0.15) is 0 Å². The predicted octanol–water partition coefficient (Wildman–Crippen LogP) is 3.71. The molecule has 0 aliphatic carbocycles. The predicted molar refractivity (Wildman–Crippen MR) is 72.6 cm³/mol. The molecule has 0 unspecified atom stereocenters. The van der Waals surface area contributed by atoms with Crippen molar-refractivity contribution in [3.8, 4) is 17.0 Å². The van der Waals surface area contributed by atoms with Gasteiger partial charge < -0.3 is 9.72 Å². The third kappa shape index (κ3) is 2.83. The summed E-state index contributed by atoms with van der Waals surface area (Å²) in [6, 6.07) is 19.1. The molecule has 19 heavy (non-hydrogen) atoms. The maximum absolute atomic E-state index is 5.22. The number of hydrogen-bond acceptors (Lipinski definition) is 2. The SMILES string of the molecule is COc1cc[c-]c(-c2cc3ccccc3cn2)c1.[Ir]. The molecule has 0 saturated carbocycles. The summed E-state index contributed by atoms with van der Waals surface area (Å²) in [5.41, 5.74) is 1.85. The Kier molecular flexibility index (Phi) is 4.31. The van der Waals surface area contributed by atoms with Crippen molar-refractivity contribution in [3.05, 3.63) is 60.8 Å². The first kappa shape index (κ1) is 13.7. The number of ether oxygens (including phenoxy) is 1. The number of hydrogen-bond donors (Lipinski definition) is 0. The van der Waals surface area contributed by atoms with E-state index in [2.05, 4.69) is 29.2 Å². The molecule has 1 heterocycles. The molecule has 0 fully saturated rings. The van der Waals surface area contributed by atoms with Gasteiger partial charge in [0.2, 0.25) is 0 Å². The van der Waals surface area contributed by atoms with Gasteiger partial charge in [0, 0.05) is 32.1 Å². The molecule has 0 aliphatic rings. The molecule has 0 aliphatic heterocycles. The number of benzene rings is 2. The average molecular weight is 426 g/mol. The number of pyridine rings is 1. The molecule has 3 rings (SSSR count). The number of rotatable bonds is 2. The summed E-state index contributed by atoms with van der Waals surface area (Å²) in [4.78, 5) is 4.47. The Labute approximate surface area is 125 Å². The molecule has 0 N–H and O–H groups in total. The fraction of sp³-hybridized carbons (Fsp3) is 0.0625. The maximum atomic E-state index is 5.22. The van der Waals surface area contributed by atoms with Crippen LogP contribution in [0, 0.1) is 6.07 Å². The van der Waals surface area contributed by atoms with E-state index in [0.717, 1.165) is 22.4 Å². The van der Waals surface area contributed by atoms with E-state index in [1.54, 1.807) is 7.11 Å². The number of nitrogens with zero attached hydrogens (tertiary/aromatic N) is 1.